The first-order chi connectivity index (χ1) is 13.5. The minimum Gasteiger partial charge on any atom is -0.465 e. The summed E-state index contributed by atoms with van der Waals surface area (Å²) in [6.45, 7) is 3.00. The Labute approximate surface area is 172 Å². The zero-order valence-corrected chi connectivity index (χ0v) is 18.1. The third-order valence-corrected chi connectivity index (χ3v) is 5.89. The van der Waals surface area contributed by atoms with Crippen LogP contribution in [0.3, 0.4) is 0 Å². The largest absolute Gasteiger partial charge is 0.465 e. The maximum absolute atomic E-state index is 12.4. The number of hydrogen-bond donors (Lipinski definition) is 2. The minimum absolute atomic E-state index is 0.189. The fraction of sp³-hybridized carbons (Fsp3) is 0.389. The van der Waals surface area contributed by atoms with E-state index in [2.05, 4.69) is 9.71 Å². The van der Waals surface area contributed by atoms with Gasteiger partial charge in [0.25, 0.3) is 0 Å². The molecule has 0 bridgehead atoms. The highest BCUT2D eigenvalue weighted by Gasteiger charge is 2.23. The summed E-state index contributed by atoms with van der Waals surface area (Å²) in [6, 6.07) is 3.26. The van der Waals surface area contributed by atoms with Crippen LogP contribution in [-0.2, 0) is 25.9 Å². The van der Waals surface area contributed by atoms with Gasteiger partial charge in [0.2, 0.25) is 15.8 Å². The highest BCUT2D eigenvalue weighted by Crippen LogP contribution is 2.21. The lowest BCUT2D eigenvalue weighted by molar-refractivity contribution is 0.0477. The number of aromatic nitrogens is 1. The van der Waals surface area contributed by atoms with Crippen molar-refractivity contribution in [2.45, 2.75) is 20.3 Å². The molecular weight excluding hydrogens is 420 g/mol. The molecule has 2 N–H and O–H groups in total. The molecule has 0 saturated carbocycles. The lowest BCUT2D eigenvalue weighted by Gasteiger charge is -2.03. The Morgan fingerprint density at radius 2 is 1.86 bits per heavy atom. The van der Waals surface area contributed by atoms with Gasteiger partial charge >= 0.3 is 11.9 Å². The Hall–Kier alpha value is -2.50. The summed E-state index contributed by atoms with van der Waals surface area (Å²) < 4.78 is 34.3. The second-order valence-corrected chi connectivity index (χ2v) is 9.30. The van der Waals surface area contributed by atoms with Gasteiger partial charge in [-0.2, -0.15) is 0 Å². The average molecular weight is 443 g/mol. The molecule has 0 unspecified atom stereocenters. The number of aromatic amines is 1. The molecule has 0 aromatic carbocycles. The number of ether oxygens (including phenoxy) is 2. The lowest BCUT2D eigenvalue weighted by atomic mass is 10.1. The Kier molecular flexibility index (Phi) is 7.33. The van der Waals surface area contributed by atoms with Crippen molar-refractivity contribution in [3.05, 3.63) is 44.4 Å². The Morgan fingerprint density at radius 1 is 1.17 bits per heavy atom. The minimum atomic E-state index is -3.27. The van der Waals surface area contributed by atoms with Crippen LogP contribution < -0.4 is 4.72 Å². The summed E-state index contributed by atoms with van der Waals surface area (Å²) in [6.07, 6.45) is 1.50. The molecule has 0 atom stereocenters. The second kappa shape index (κ2) is 9.33. The van der Waals surface area contributed by atoms with Gasteiger partial charge in [-0.15, -0.1) is 11.3 Å². The number of sulfonamides is 1. The SMILES string of the molecule is COC(=O)c1c(C)[nH]c(C(=O)COC(=O)c2ccc(CCNS(C)(=O)=O)s2)c1C. The van der Waals surface area contributed by atoms with Crippen LogP contribution in [0, 0.1) is 13.8 Å². The van der Waals surface area contributed by atoms with E-state index in [1.807, 2.05) is 0 Å². The number of carbonyl (C=O) groups is 3. The van der Waals surface area contributed by atoms with E-state index in [0.717, 1.165) is 11.1 Å². The number of thiophene rings is 1. The number of nitrogens with one attached hydrogen (secondary N) is 2. The molecule has 0 aliphatic rings. The van der Waals surface area contributed by atoms with Crippen LogP contribution >= 0.6 is 11.3 Å². The van der Waals surface area contributed by atoms with E-state index in [9.17, 15) is 22.8 Å². The maximum atomic E-state index is 12.4. The highest BCUT2D eigenvalue weighted by atomic mass is 32.2. The molecule has 0 amide bonds. The number of carbonyl (C=O) groups excluding carboxylic acids is 3. The van der Waals surface area contributed by atoms with Gasteiger partial charge in [0.1, 0.15) is 4.88 Å². The molecule has 0 aliphatic carbocycles. The number of ketones is 1. The second-order valence-electron chi connectivity index (χ2n) is 6.30. The van der Waals surface area contributed by atoms with Crippen molar-refractivity contribution >= 4 is 39.1 Å². The third-order valence-electron chi connectivity index (χ3n) is 4.04. The molecular formula is C18H22N2O7S2. The number of hydrogen-bond acceptors (Lipinski definition) is 8. The van der Waals surface area contributed by atoms with Crippen LogP contribution in [0.25, 0.3) is 0 Å². The predicted octanol–water partition coefficient (Wildman–Crippen LogP) is 1.61. The summed E-state index contributed by atoms with van der Waals surface area (Å²) in [5.41, 5.74) is 1.41. The van der Waals surface area contributed by atoms with Crippen molar-refractivity contribution < 1.29 is 32.3 Å². The quantitative estimate of drug-likeness (QED) is 0.445. The van der Waals surface area contributed by atoms with E-state index in [1.54, 1.807) is 26.0 Å². The normalized spacial score (nSPS) is 11.3. The molecule has 0 aliphatic heterocycles. The van der Waals surface area contributed by atoms with Crippen LogP contribution in [0.1, 0.15) is 46.7 Å². The molecule has 9 nitrogen and oxygen atoms in total. The van der Waals surface area contributed by atoms with Crippen LogP contribution in [-0.4, -0.2) is 57.6 Å². The first kappa shape index (κ1) is 22.8. The van der Waals surface area contributed by atoms with Crippen molar-refractivity contribution in [2.75, 3.05) is 26.5 Å². The Bertz CT molecular complexity index is 1030. The molecule has 2 aromatic rings. The molecule has 11 heteroatoms. The Morgan fingerprint density at radius 3 is 2.48 bits per heavy atom. The molecule has 2 aromatic heterocycles. The zero-order chi connectivity index (χ0) is 21.8. The van der Waals surface area contributed by atoms with Gasteiger partial charge in [-0.1, -0.05) is 0 Å². The summed E-state index contributed by atoms with van der Waals surface area (Å²) in [5.74, 6) is -1.67. The number of H-pyrrole nitrogens is 1. The van der Waals surface area contributed by atoms with Gasteiger partial charge < -0.3 is 14.5 Å². The van der Waals surface area contributed by atoms with Crippen molar-refractivity contribution in [3.63, 3.8) is 0 Å². The predicted molar refractivity (Wildman–Crippen MR) is 107 cm³/mol. The number of rotatable bonds is 9. The summed E-state index contributed by atoms with van der Waals surface area (Å²) in [4.78, 5) is 40.3. The van der Waals surface area contributed by atoms with E-state index >= 15 is 0 Å². The first-order valence-electron chi connectivity index (χ1n) is 8.54. The molecule has 158 valence electrons. The van der Waals surface area contributed by atoms with Crippen LogP contribution in [0.2, 0.25) is 0 Å². The number of esters is 2. The van der Waals surface area contributed by atoms with E-state index in [1.165, 1.54) is 18.4 Å². The topological polar surface area (TPSA) is 132 Å². The highest BCUT2D eigenvalue weighted by molar-refractivity contribution is 7.88. The van der Waals surface area contributed by atoms with Crippen LogP contribution in [0.5, 0.6) is 0 Å². The molecule has 0 radical (unpaired) electrons. The molecule has 2 heterocycles. The average Bonchev–Trinajstić information content (AvgIpc) is 3.22. The molecule has 2 rings (SSSR count). The van der Waals surface area contributed by atoms with E-state index in [0.29, 0.717) is 22.6 Å². The monoisotopic (exact) mass is 442 g/mol. The fourth-order valence-electron chi connectivity index (χ4n) is 2.69. The lowest BCUT2D eigenvalue weighted by Crippen LogP contribution is -2.24. The summed E-state index contributed by atoms with van der Waals surface area (Å²) in [5, 5.41) is 0. The molecule has 0 spiro atoms. The molecule has 0 fully saturated rings. The van der Waals surface area contributed by atoms with Crippen molar-refractivity contribution in [1.29, 1.82) is 0 Å². The third kappa shape index (κ3) is 5.99. The first-order valence-corrected chi connectivity index (χ1v) is 11.3. The van der Waals surface area contributed by atoms with E-state index < -0.39 is 34.4 Å². The number of aryl methyl sites for hydroxylation is 1. The molecule has 29 heavy (non-hydrogen) atoms. The smallest absolute Gasteiger partial charge is 0.348 e. The van der Waals surface area contributed by atoms with Gasteiger partial charge in [-0.3, -0.25) is 4.79 Å². The van der Waals surface area contributed by atoms with Gasteiger partial charge in [0, 0.05) is 17.1 Å². The van der Waals surface area contributed by atoms with Gasteiger partial charge in [0.05, 0.1) is 24.6 Å². The summed E-state index contributed by atoms with van der Waals surface area (Å²) in [7, 11) is -2.01. The number of methoxy groups -OCH3 is 1. The molecule has 0 saturated heterocycles. The maximum Gasteiger partial charge on any atom is 0.348 e. The zero-order valence-electron chi connectivity index (χ0n) is 16.5. The Balaban J connectivity index is 1.96. The van der Waals surface area contributed by atoms with Gasteiger partial charge in [-0.25, -0.2) is 22.7 Å². The standard InChI is InChI=1S/C18H22N2O7S2/c1-10-15(18(23)26-3)11(2)20-16(10)13(21)9-27-17(22)14-6-5-12(28-14)7-8-19-29(4,24)25/h5-6,19-20H,7-9H2,1-4H3. The van der Waals surface area contributed by atoms with E-state index in [4.69, 9.17) is 9.47 Å². The van der Waals surface area contributed by atoms with Gasteiger partial charge in [-0.05, 0) is 38.0 Å². The van der Waals surface area contributed by atoms with Crippen LogP contribution in [0.15, 0.2) is 12.1 Å². The summed E-state index contributed by atoms with van der Waals surface area (Å²) >= 11 is 1.17. The van der Waals surface area contributed by atoms with Gasteiger partial charge in [0.15, 0.2) is 6.61 Å². The van der Waals surface area contributed by atoms with Crippen molar-refractivity contribution in [2.24, 2.45) is 0 Å². The van der Waals surface area contributed by atoms with Crippen LogP contribution in [0.4, 0.5) is 0 Å². The number of Topliss-reactive ketones (excluding diaryl/α,β-unsaturated/α-hetero) is 1. The van der Waals surface area contributed by atoms with Crippen molar-refractivity contribution in [3.8, 4) is 0 Å². The fourth-order valence-corrected chi connectivity index (χ4v) is 4.07. The van der Waals surface area contributed by atoms with Crippen molar-refractivity contribution in [1.82, 2.24) is 9.71 Å². The van der Waals surface area contributed by atoms with E-state index in [-0.39, 0.29) is 17.8 Å².